The molecule has 0 aromatic heterocycles. The molecule has 0 aliphatic carbocycles. The zero-order chi connectivity index (χ0) is 0. The fraction of sp³-hybridized carbons (Fsp3) is 0. The van der Waals surface area contributed by atoms with Crippen molar-refractivity contribution < 1.29 is 65.4 Å². The first kappa shape index (κ1) is 387. The average Bonchev–Trinajstić information content (AvgIpc) is 0. The van der Waals surface area contributed by atoms with Crippen LogP contribution in [0.1, 0.15) is 0 Å². The van der Waals surface area contributed by atoms with Gasteiger partial charge in [0.05, 0.1) is 0 Å². The second-order valence-corrected chi connectivity index (χ2v) is 0. The number of rotatable bonds is 0. The average molecular weight is 199 g/mol. The van der Waals surface area contributed by atoms with Gasteiger partial charge in [-0.3, -0.25) is 0 Å². The molecule has 0 aliphatic rings. The molecule has 45 valence electrons. The van der Waals surface area contributed by atoms with Gasteiger partial charge in [-0.1, -0.05) is 0 Å². The van der Waals surface area contributed by atoms with Gasteiger partial charge in [0.1, 0.15) is 0 Å². The van der Waals surface area contributed by atoms with E-state index >= 15 is 0 Å². The minimum Gasteiger partial charge on any atom is -2.00 e. The largest absolute Gasteiger partial charge is 2.00 e. The third kappa shape index (κ3) is 173. The molecule has 0 amide bonds. The van der Waals surface area contributed by atoms with Gasteiger partial charge in [0.25, 0.3) is 0 Å². The van der Waals surface area contributed by atoms with Gasteiger partial charge >= 0.3 is 19.5 Å². The molecule has 1 radical (unpaired) electrons. The summed E-state index contributed by atoms with van der Waals surface area (Å²) in [5, 5.41) is 0. The second kappa shape index (κ2) is 249. The summed E-state index contributed by atoms with van der Waals surface area (Å²) in [5.74, 6) is 0. The van der Waals surface area contributed by atoms with E-state index in [0.29, 0.717) is 0 Å². The van der Waals surface area contributed by atoms with Gasteiger partial charge in [-0.2, -0.15) is 0 Å². The topological polar surface area (TPSA) is 147 Å². The van der Waals surface area contributed by atoms with Crippen LogP contribution in [0.5, 0.6) is 0 Å². The van der Waals surface area contributed by atoms with Crippen molar-refractivity contribution in [3.63, 3.8) is 0 Å². The second-order valence-electron chi connectivity index (χ2n) is 0. The molecule has 0 rings (SSSR count). The van der Waals surface area contributed by atoms with Crippen LogP contribution >= 0.6 is 0 Å². The van der Waals surface area contributed by atoms with Gasteiger partial charge in [0, 0.05) is 18.6 Å². The van der Waals surface area contributed by atoms with Crippen molar-refractivity contribution >= 4 is 0 Å². The molecule has 0 bridgehead atoms. The Kier molecular flexibility index (Phi) is 13800. The number of hydrogen-bond donors (Lipinski definition) is 0. The molecule has 5 nitrogen and oxygen atoms in total. The van der Waals surface area contributed by atoms with E-state index in [1.165, 1.54) is 0 Å². The molecule has 0 atom stereocenters. The molecule has 3 N–H and O–H groups in total. The smallest absolute Gasteiger partial charge is 2.00 e. The maximum absolute atomic E-state index is 0. The molecule has 7 heavy (non-hydrogen) atoms. The zero-order valence-electron chi connectivity index (χ0n) is 3.33. The third-order valence-electron chi connectivity index (χ3n) is 0. The minimum absolute atomic E-state index is 0. The van der Waals surface area contributed by atoms with Gasteiger partial charge in [0.15, 0.2) is 0 Å². The normalized spacial score (nSPS) is 0. The Labute approximate surface area is 65.7 Å². The molecule has 0 aromatic rings. The molecule has 0 aliphatic heterocycles. The van der Waals surface area contributed by atoms with Crippen molar-refractivity contribution in [3.8, 4) is 0 Å². The molecule has 0 spiro atoms. The van der Waals surface area contributed by atoms with Crippen molar-refractivity contribution in [2.45, 2.75) is 0 Å². The van der Waals surface area contributed by atoms with Crippen LogP contribution in [0.15, 0.2) is 0 Å². The van der Waals surface area contributed by atoms with Gasteiger partial charge in [-0.15, -0.1) is 0 Å². The molecule has 7 heteroatoms. The van der Waals surface area contributed by atoms with Crippen molar-refractivity contribution in [1.82, 2.24) is 0 Å². The molecule has 0 saturated heterocycles. The van der Waals surface area contributed by atoms with E-state index in [2.05, 4.69) is 0 Å². The predicted octanol–water partition coefficient (Wildman–Crippen LogP) is -1.36. The van der Waals surface area contributed by atoms with E-state index < -0.39 is 0 Å². The van der Waals surface area contributed by atoms with Crippen molar-refractivity contribution in [1.29, 1.82) is 0 Å². The van der Waals surface area contributed by atoms with Crippen molar-refractivity contribution in [3.05, 3.63) is 0 Å². The molecule has 0 saturated carbocycles. The summed E-state index contributed by atoms with van der Waals surface area (Å²) in [4.78, 5) is 0. The minimum atomic E-state index is 0. The summed E-state index contributed by atoms with van der Waals surface area (Å²) in [5.41, 5.74) is 0. The Balaban J connectivity index is 0. The maximum atomic E-state index is 0. The van der Waals surface area contributed by atoms with Gasteiger partial charge < -0.3 is 27.4 Å². The zero-order valence-corrected chi connectivity index (χ0v) is 7.69. The van der Waals surface area contributed by atoms with Crippen LogP contribution in [0.25, 0.3) is 0 Å². The molecule has 0 heterocycles. The quantitative estimate of drug-likeness (QED) is 0.435. The maximum Gasteiger partial charge on any atom is 2.00 e. The Morgan fingerprint density at radius 1 is 0.714 bits per heavy atom. The fourth-order valence-corrected chi connectivity index (χ4v) is 0. The molecule has 0 unspecified atom stereocenters. The summed E-state index contributed by atoms with van der Waals surface area (Å²) in [7, 11) is 0. The predicted molar refractivity (Wildman–Crippen MR) is 7.61 cm³/mol. The third-order valence-corrected chi connectivity index (χ3v) is 0. The van der Waals surface area contributed by atoms with E-state index in [1.807, 2.05) is 0 Å². The standard InChI is InChI=1S/2H2O.3O.V.Zn/h2*1H2;;;;;/q;;3*-2;;+2/p-1. The van der Waals surface area contributed by atoms with Crippen LogP contribution in [0.3, 0.4) is 0 Å². The van der Waals surface area contributed by atoms with E-state index in [9.17, 15) is 0 Å². The van der Waals surface area contributed by atoms with Crippen LogP contribution in [-0.4, -0.2) is 11.0 Å². The Morgan fingerprint density at radius 2 is 0.714 bits per heavy atom. The molecular weight excluding hydrogens is 196 g/mol. The van der Waals surface area contributed by atoms with Crippen LogP contribution in [0, 0.1) is 0 Å². The van der Waals surface area contributed by atoms with E-state index in [-0.39, 0.29) is 65.4 Å². The van der Waals surface area contributed by atoms with Crippen LogP contribution in [0.4, 0.5) is 0 Å². The fourth-order valence-electron chi connectivity index (χ4n) is 0. The van der Waals surface area contributed by atoms with Gasteiger partial charge in [-0.25, -0.2) is 0 Å². The Morgan fingerprint density at radius 3 is 0.714 bits per heavy atom. The van der Waals surface area contributed by atoms with Crippen LogP contribution in [0.2, 0.25) is 0 Å². The molecule has 0 aromatic carbocycles. The number of hydrogen-bond acceptors (Lipinski definition) is 1. The molecular formula is H3O5VZn-5. The Hall–Kier alpha value is 1.01. The SMILES string of the molecule is O.[O-2].[O-2].[O-2].[OH-].[V].[Zn+2]. The first-order chi connectivity index (χ1) is 0. The monoisotopic (exact) mass is 198 g/mol. The van der Waals surface area contributed by atoms with Crippen LogP contribution < -0.4 is 0 Å². The summed E-state index contributed by atoms with van der Waals surface area (Å²) >= 11 is 0. The van der Waals surface area contributed by atoms with E-state index in [0.717, 1.165) is 0 Å². The van der Waals surface area contributed by atoms with E-state index in [1.54, 1.807) is 0 Å². The van der Waals surface area contributed by atoms with Gasteiger partial charge in [0.2, 0.25) is 0 Å². The summed E-state index contributed by atoms with van der Waals surface area (Å²) in [6, 6.07) is 0. The first-order valence-corrected chi connectivity index (χ1v) is 0. The van der Waals surface area contributed by atoms with Crippen molar-refractivity contribution in [2.24, 2.45) is 0 Å². The summed E-state index contributed by atoms with van der Waals surface area (Å²) < 4.78 is 0. The first-order valence-electron chi connectivity index (χ1n) is 0. The molecule has 0 fully saturated rings. The van der Waals surface area contributed by atoms with Crippen LogP contribution in [-0.2, 0) is 54.5 Å². The van der Waals surface area contributed by atoms with Gasteiger partial charge in [-0.05, 0) is 0 Å². The summed E-state index contributed by atoms with van der Waals surface area (Å²) in [6.45, 7) is 0. The Bertz CT molecular complexity index is 8.04. The summed E-state index contributed by atoms with van der Waals surface area (Å²) in [6.07, 6.45) is 0. The van der Waals surface area contributed by atoms with E-state index in [4.69, 9.17) is 0 Å². The van der Waals surface area contributed by atoms with Crippen molar-refractivity contribution in [2.75, 3.05) is 0 Å².